The Kier molecular flexibility index (Phi) is 6.23. The molecule has 0 unspecified atom stereocenters. The Bertz CT molecular complexity index is 1260. The van der Waals surface area contributed by atoms with Crippen molar-refractivity contribution in [1.82, 2.24) is 14.9 Å². The molecule has 3 heterocycles. The molecule has 1 aromatic carbocycles. The van der Waals surface area contributed by atoms with Gasteiger partial charge in [-0.1, -0.05) is 23.5 Å². The van der Waals surface area contributed by atoms with E-state index in [9.17, 15) is 14.6 Å². The standard InChI is InChI=1S/C22H17N5O3S2/c1-14-10-17(12-18(24-14)30-2)20-19(16-5-3-4-15(11-16)13-23)25-21(31-20)26-22(28)27-6-8-32(29)9-7-27/h3-12H,1-2H3,(H,25,26,28). The number of thiazole rings is 1. The summed E-state index contributed by atoms with van der Waals surface area (Å²) in [7, 11) is 1.55. The summed E-state index contributed by atoms with van der Waals surface area (Å²) in [6.45, 7) is 1.87. The summed E-state index contributed by atoms with van der Waals surface area (Å²) in [6, 6.07) is 12.5. The Morgan fingerprint density at radius 1 is 1.22 bits per heavy atom. The minimum absolute atomic E-state index is 0.379. The van der Waals surface area contributed by atoms with Crippen LogP contribution in [0.25, 0.3) is 21.7 Å². The number of ether oxygens (including phenoxy) is 1. The average molecular weight is 464 g/mol. The number of urea groups is 1. The smallest absolute Gasteiger partial charge is 0.332 e. The zero-order valence-electron chi connectivity index (χ0n) is 17.1. The van der Waals surface area contributed by atoms with Crippen molar-refractivity contribution in [2.75, 3.05) is 12.4 Å². The Morgan fingerprint density at radius 3 is 2.72 bits per heavy atom. The minimum Gasteiger partial charge on any atom is -0.607 e. The van der Waals surface area contributed by atoms with Crippen molar-refractivity contribution in [1.29, 1.82) is 5.26 Å². The molecule has 0 saturated heterocycles. The first-order valence-corrected chi connectivity index (χ1v) is 11.5. The van der Waals surface area contributed by atoms with Crippen LogP contribution in [-0.4, -0.2) is 32.6 Å². The van der Waals surface area contributed by atoms with E-state index in [2.05, 4.69) is 21.4 Å². The average Bonchev–Trinajstić information content (AvgIpc) is 3.23. The number of rotatable bonds is 4. The fourth-order valence-electron chi connectivity index (χ4n) is 3.01. The molecule has 0 fully saturated rings. The fourth-order valence-corrected chi connectivity index (χ4v) is 4.57. The molecule has 0 atom stereocenters. The van der Waals surface area contributed by atoms with Crippen LogP contribution in [-0.2, 0) is 11.2 Å². The summed E-state index contributed by atoms with van der Waals surface area (Å²) < 4.78 is 16.7. The van der Waals surface area contributed by atoms with Crippen LogP contribution in [0.2, 0.25) is 0 Å². The van der Waals surface area contributed by atoms with Gasteiger partial charge in [0.15, 0.2) is 5.13 Å². The van der Waals surface area contributed by atoms with Crippen LogP contribution >= 0.6 is 11.3 Å². The van der Waals surface area contributed by atoms with E-state index < -0.39 is 17.2 Å². The van der Waals surface area contributed by atoms with Crippen molar-refractivity contribution in [3.05, 3.63) is 70.9 Å². The number of benzene rings is 1. The lowest BCUT2D eigenvalue weighted by Gasteiger charge is -2.15. The van der Waals surface area contributed by atoms with Gasteiger partial charge < -0.3 is 9.29 Å². The fraction of sp³-hybridized carbons (Fsp3) is 0.0909. The van der Waals surface area contributed by atoms with Gasteiger partial charge in [-0.3, -0.25) is 10.2 Å². The summed E-state index contributed by atoms with van der Waals surface area (Å²) in [6.07, 6.45) is 2.88. The molecule has 2 aromatic heterocycles. The minimum atomic E-state index is -1.22. The van der Waals surface area contributed by atoms with Crippen LogP contribution in [0.5, 0.6) is 5.88 Å². The second-order valence-electron chi connectivity index (χ2n) is 6.67. The van der Waals surface area contributed by atoms with Crippen molar-refractivity contribution < 1.29 is 14.1 Å². The van der Waals surface area contributed by atoms with E-state index in [1.807, 2.05) is 19.1 Å². The third kappa shape index (κ3) is 4.65. The highest BCUT2D eigenvalue weighted by Gasteiger charge is 2.20. The van der Waals surface area contributed by atoms with Crippen LogP contribution in [0.4, 0.5) is 9.93 Å². The number of aromatic nitrogens is 2. The number of amides is 2. The molecular weight excluding hydrogens is 446 g/mol. The van der Waals surface area contributed by atoms with E-state index in [1.165, 1.54) is 39.5 Å². The van der Waals surface area contributed by atoms with Gasteiger partial charge in [0.05, 0.1) is 41.7 Å². The van der Waals surface area contributed by atoms with Crippen molar-refractivity contribution in [3.8, 4) is 33.6 Å². The van der Waals surface area contributed by atoms with Crippen molar-refractivity contribution in [2.45, 2.75) is 6.92 Å². The largest absolute Gasteiger partial charge is 0.607 e. The lowest BCUT2D eigenvalue weighted by Crippen LogP contribution is -2.27. The number of methoxy groups -OCH3 is 1. The SMILES string of the molecule is COc1cc(-c2sc(NC(=O)N3C=C[S+]([O-])C=C3)nc2-c2cccc(C#N)c2)cc(C)n1. The number of aryl methyl sites for hydroxylation is 1. The molecule has 0 bridgehead atoms. The van der Waals surface area contributed by atoms with Gasteiger partial charge in [0.1, 0.15) is 10.8 Å². The maximum absolute atomic E-state index is 12.6. The lowest BCUT2D eigenvalue weighted by molar-refractivity contribution is 0.239. The normalized spacial score (nSPS) is 13.1. The predicted molar refractivity (Wildman–Crippen MR) is 124 cm³/mol. The van der Waals surface area contributed by atoms with Gasteiger partial charge in [-0.05, 0) is 25.1 Å². The Hall–Kier alpha value is -3.65. The van der Waals surface area contributed by atoms with E-state index in [4.69, 9.17) is 4.74 Å². The molecule has 0 spiro atoms. The molecule has 32 heavy (non-hydrogen) atoms. The summed E-state index contributed by atoms with van der Waals surface area (Å²) in [5.74, 6) is 0.465. The van der Waals surface area contributed by atoms with Crippen molar-refractivity contribution in [2.24, 2.45) is 0 Å². The van der Waals surface area contributed by atoms with Gasteiger partial charge in [0, 0.05) is 34.1 Å². The quantitative estimate of drug-likeness (QED) is 0.566. The molecule has 160 valence electrons. The molecule has 0 radical (unpaired) electrons. The zero-order valence-corrected chi connectivity index (χ0v) is 18.7. The van der Waals surface area contributed by atoms with Gasteiger partial charge in [0.25, 0.3) is 0 Å². The number of hydrogen-bond acceptors (Lipinski definition) is 7. The van der Waals surface area contributed by atoms with Crippen LogP contribution in [0.3, 0.4) is 0 Å². The molecule has 2 amide bonds. The lowest BCUT2D eigenvalue weighted by atomic mass is 10.0. The molecule has 10 heteroatoms. The van der Waals surface area contributed by atoms with Gasteiger partial charge in [-0.2, -0.15) is 5.26 Å². The highest BCUT2D eigenvalue weighted by atomic mass is 32.2. The Labute approximate surface area is 191 Å². The molecule has 0 aliphatic carbocycles. The third-order valence-corrected chi connectivity index (χ3v) is 6.25. The van der Waals surface area contributed by atoms with Crippen LogP contribution in [0.1, 0.15) is 11.3 Å². The monoisotopic (exact) mass is 463 g/mol. The topological polar surface area (TPSA) is 114 Å². The Morgan fingerprint density at radius 2 is 2.00 bits per heavy atom. The van der Waals surface area contributed by atoms with E-state index in [0.29, 0.717) is 22.3 Å². The second kappa shape index (κ2) is 9.23. The first-order valence-electron chi connectivity index (χ1n) is 9.36. The summed E-state index contributed by atoms with van der Waals surface area (Å²) in [4.78, 5) is 23.7. The second-order valence-corrected chi connectivity index (χ2v) is 8.87. The first kappa shape index (κ1) is 21.6. The summed E-state index contributed by atoms with van der Waals surface area (Å²) in [5.41, 5.74) is 3.48. The van der Waals surface area contributed by atoms with E-state index in [1.54, 1.807) is 31.4 Å². The van der Waals surface area contributed by atoms with Gasteiger partial charge >= 0.3 is 6.03 Å². The Balaban J connectivity index is 1.76. The molecule has 8 nitrogen and oxygen atoms in total. The summed E-state index contributed by atoms with van der Waals surface area (Å²) in [5, 5.41) is 15.3. The van der Waals surface area contributed by atoms with Crippen LogP contribution in [0, 0.1) is 18.3 Å². The molecule has 3 aromatic rings. The molecule has 1 N–H and O–H groups in total. The summed E-state index contributed by atoms with van der Waals surface area (Å²) >= 11 is 0.0755. The number of nitrogens with zero attached hydrogens (tertiary/aromatic N) is 4. The van der Waals surface area contributed by atoms with Crippen molar-refractivity contribution >= 4 is 33.7 Å². The molecule has 4 rings (SSSR count). The van der Waals surface area contributed by atoms with Crippen molar-refractivity contribution in [3.63, 3.8) is 0 Å². The number of hydrogen-bond donors (Lipinski definition) is 1. The molecule has 1 aliphatic rings. The first-order chi connectivity index (χ1) is 15.5. The number of anilines is 1. The zero-order chi connectivity index (χ0) is 22.7. The number of nitrogens with one attached hydrogen (secondary N) is 1. The van der Waals surface area contributed by atoms with E-state index >= 15 is 0 Å². The number of pyridine rings is 1. The predicted octanol–water partition coefficient (Wildman–Crippen LogP) is 4.60. The number of carbonyl (C=O) groups is 1. The molecule has 1 aliphatic heterocycles. The maximum atomic E-state index is 12.6. The number of nitriles is 1. The molecular formula is C22H17N5O3S2. The third-order valence-electron chi connectivity index (χ3n) is 4.45. The maximum Gasteiger partial charge on any atom is 0.332 e. The van der Waals surface area contributed by atoms with E-state index in [0.717, 1.165) is 21.7 Å². The highest BCUT2D eigenvalue weighted by Crippen LogP contribution is 2.40. The molecule has 0 saturated carbocycles. The van der Waals surface area contributed by atoms with Gasteiger partial charge in [-0.15, -0.1) is 0 Å². The van der Waals surface area contributed by atoms with Gasteiger partial charge in [0.2, 0.25) is 5.88 Å². The van der Waals surface area contributed by atoms with E-state index in [-0.39, 0.29) is 0 Å². The highest BCUT2D eigenvalue weighted by molar-refractivity contribution is 7.97. The van der Waals surface area contributed by atoms with Crippen LogP contribution < -0.4 is 10.1 Å². The van der Waals surface area contributed by atoms with Crippen LogP contribution in [0.15, 0.2) is 59.6 Å². The number of carbonyl (C=O) groups excluding carboxylic acids is 1. The van der Waals surface area contributed by atoms with Gasteiger partial charge in [-0.25, -0.2) is 14.8 Å².